The first-order chi connectivity index (χ1) is 12.5. The Balaban J connectivity index is 1.51. The molecule has 1 unspecified atom stereocenters. The van der Waals surface area contributed by atoms with E-state index >= 15 is 0 Å². The van der Waals surface area contributed by atoms with Gasteiger partial charge in [-0.15, -0.1) is 0 Å². The van der Waals surface area contributed by atoms with Crippen molar-refractivity contribution in [3.8, 4) is 0 Å². The Morgan fingerprint density at radius 1 is 1.00 bits per heavy atom. The second kappa shape index (κ2) is 8.21. The SMILES string of the molecule is Cc1ccccc1C(C)N1CCC(C(=O)N2CCC(C(N)=O)CC2)CC1. The zero-order valence-electron chi connectivity index (χ0n) is 16.0. The standard InChI is InChI=1S/C21H31N3O2/c1-15-5-3-4-6-19(15)16(2)23-11-9-18(10-12-23)21(26)24-13-7-17(8-14-24)20(22)25/h3-6,16-18H,7-14H2,1-2H3,(H2,22,25). The highest BCUT2D eigenvalue weighted by Crippen LogP contribution is 2.30. The van der Waals surface area contributed by atoms with Crippen LogP contribution in [0.1, 0.15) is 49.8 Å². The van der Waals surface area contributed by atoms with Crippen LogP contribution >= 0.6 is 0 Å². The predicted molar refractivity (Wildman–Crippen MR) is 102 cm³/mol. The van der Waals surface area contributed by atoms with Crippen LogP contribution in [0.5, 0.6) is 0 Å². The average molecular weight is 357 g/mol. The average Bonchev–Trinajstić information content (AvgIpc) is 2.67. The Labute approximate surface area is 156 Å². The number of primary amides is 1. The lowest BCUT2D eigenvalue weighted by Gasteiger charge is -2.39. The van der Waals surface area contributed by atoms with E-state index in [0.717, 1.165) is 25.9 Å². The van der Waals surface area contributed by atoms with E-state index in [-0.39, 0.29) is 23.7 Å². The molecular weight excluding hydrogens is 326 g/mol. The molecule has 1 aromatic rings. The van der Waals surface area contributed by atoms with E-state index in [1.54, 1.807) is 0 Å². The van der Waals surface area contributed by atoms with Gasteiger partial charge in [0.15, 0.2) is 0 Å². The number of carbonyl (C=O) groups is 2. The molecule has 2 N–H and O–H groups in total. The third-order valence-electron chi connectivity index (χ3n) is 6.27. The number of hydrogen-bond donors (Lipinski definition) is 1. The molecule has 1 atom stereocenters. The Hall–Kier alpha value is -1.88. The normalized spacial score (nSPS) is 21.5. The largest absolute Gasteiger partial charge is 0.369 e. The molecule has 3 rings (SSSR count). The first kappa shape index (κ1) is 18.9. The highest BCUT2D eigenvalue weighted by molar-refractivity contribution is 5.80. The number of piperidine rings is 2. The molecule has 0 spiro atoms. The molecule has 0 aliphatic carbocycles. The van der Waals surface area contributed by atoms with Crippen molar-refractivity contribution in [3.63, 3.8) is 0 Å². The van der Waals surface area contributed by atoms with E-state index in [4.69, 9.17) is 5.73 Å². The van der Waals surface area contributed by atoms with Gasteiger partial charge in [-0.05, 0) is 63.7 Å². The summed E-state index contributed by atoms with van der Waals surface area (Å²) in [4.78, 5) is 28.5. The molecule has 0 saturated carbocycles. The lowest BCUT2D eigenvalue weighted by molar-refractivity contribution is -0.140. The third kappa shape index (κ3) is 4.09. The summed E-state index contributed by atoms with van der Waals surface area (Å²) in [5, 5.41) is 0. The minimum absolute atomic E-state index is 0.0594. The van der Waals surface area contributed by atoms with Crippen LogP contribution in [0.2, 0.25) is 0 Å². The Bertz CT molecular complexity index is 644. The fraction of sp³-hybridized carbons (Fsp3) is 0.619. The van der Waals surface area contributed by atoms with Crippen molar-refractivity contribution in [2.24, 2.45) is 17.6 Å². The molecule has 0 bridgehead atoms. The second-order valence-electron chi connectivity index (χ2n) is 7.84. The van der Waals surface area contributed by atoms with Crippen LogP contribution in [0.4, 0.5) is 0 Å². The van der Waals surface area contributed by atoms with Crippen molar-refractivity contribution >= 4 is 11.8 Å². The van der Waals surface area contributed by atoms with E-state index < -0.39 is 0 Å². The van der Waals surface area contributed by atoms with Crippen molar-refractivity contribution in [2.75, 3.05) is 26.2 Å². The van der Waals surface area contributed by atoms with Crippen LogP contribution < -0.4 is 5.73 Å². The number of rotatable bonds is 4. The van der Waals surface area contributed by atoms with E-state index in [2.05, 4.69) is 43.0 Å². The molecule has 26 heavy (non-hydrogen) atoms. The van der Waals surface area contributed by atoms with E-state index in [0.29, 0.717) is 32.0 Å². The van der Waals surface area contributed by atoms with Crippen LogP contribution in [0, 0.1) is 18.8 Å². The van der Waals surface area contributed by atoms with E-state index in [1.165, 1.54) is 11.1 Å². The lowest BCUT2D eigenvalue weighted by atomic mass is 9.90. The molecule has 2 saturated heterocycles. The van der Waals surface area contributed by atoms with Crippen LogP contribution in [-0.2, 0) is 9.59 Å². The summed E-state index contributed by atoms with van der Waals surface area (Å²) in [7, 11) is 0. The highest BCUT2D eigenvalue weighted by Gasteiger charge is 2.33. The van der Waals surface area contributed by atoms with E-state index in [9.17, 15) is 9.59 Å². The number of hydrogen-bond acceptors (Lipinski definition) is 3. The van der Waals surface area contributed by atoms with E-state index in [1.807, 2.05) is 4.90 Å². The zero-order valence-corrected chi connectivity index (χ0v) is 16.0. The number of aryl methyl sites for hydroxylation is 1. The van der Waals surface area contributed by atoms with Crippen LogP contribution in [0.15, 0.2) is 24.3 Å². The van der Waals surface area contributed by atoms with Crippen molar-refractivity contribution < 1.29 is 9.59 Å². The van der Waals surface area contributed by atoms with Gasteiger partial charge in [-0.3, -0.25) is 14.5 Å². The molecule has 2 aliphatic heterocycles. The first-order valence-corrected chi connectivity index (χ1v) is 9.85. The predicted octanol–water partition coefficient (Wildman–Crippen LogP) is 2.49. The summed E-state index contributed by atoms with van der Waals surface area (Å²) < 4.78 is 0. The van der Waals surface area contributed by atoms with Gasteiger partial charge in [0.1, 0.15) is 0 Å². The van der Waals surface area contributed by atoms with Crippen LogP contribution in [0.3, 0.4) is 0 Å². The maximum absolute atomic E-state index is 12.8. The lowest BCUT2D eigenvalue weighted by Crippen LogP contribution is -2.47. The minimum Gasteiger partial charge on any atom is -0.369 e. The van der Waals surface area contributed by atoms with Gasteiger partial charge in [0.05, 0.1) is 0 Å². The van der Waals surface area contributed by atoms with Gasteiger partial charge in [0.25, 0.3) is 0 Å². The number of likely N-dealkylation sites (tertiary alicyclic amines) is 2. The molecule has 5 nitrogen and oxygen atoms in total. The monoisotopic (exact) mass is 357 g/mol. The van der Waals surface area contributed by atoms with Gasteiger partial charge in [-0.1, -0.05) is 24.3 Å². The first-order valence-electron chi connectivity index (χ1n) is 9.85. The van der Waals surface area contributed by atoms with Gasteiger partial charge in [0.2, 0.25) is 11.8 Å². The Kier molecular flexibility index (Phi) is 5.97. The molecular formula is C21H31N3O2. The third-order valence-corrected chi connectivity index (χ3v) is 6.27. The van der Waals surface area contributed by atoms with Gasteiger partial charge < -0.3 is 10.6 Å². The number of benzene rings is 1. The summed E-state index contributed by atoms with van der Waals surface area (Å²) in [5.41, 5.74) is 8.10. The molecule has 142 valence electrons. The number of carbonyl (C=O) groups excluding carboxylic acids is 2. The molecule has 1 aromatic carbocycles. The summed E-state index contributed by atoms with van der Waals surface area (Å²) in [6.07, 6.45) is 3.27. The maximum atomic E-state index is 12.8. The molecule has 5 heteroatoms. The topological polar surface area (TPSA) is 66.6 Å². The fourth-order valence-electron chi connectivity index (χ4n) is 4.43. The molecule has 2 aliphatic rings. The summed E-state index contributed by atoms with van der Waals surface area (Å²) in [5.74, 6) is 0.114. The fourth-order valence-corrected chi connectivity index (χ4v) is 4.43. The van der Waals surface area contributed by atoms with Gasteiger partial charge >= 0.3 is 0 Å². The van der Waals surface area contributed by atoms with Crippen LogP contribution in [0.25, 0.3) is 0 Å². The Morgan fingerprint density at radius 2 is 1.58 bits per heavy atom. The Morgan fingerprint density at radius 3 is 2.15 bits per heavy atom. The summed E-state index contributed by atoms with van der Waals surface area (Å²) in [6.45, 7) is 7.70. The zero-order chi connectivity index (χ0) is 18.7. The van der Waals surface area contributed by atoms with Gasteiger partial charge in [-0.25, -0.2) is 0 Å². The highest BCUT2D eigenvalue weighted by atomic mass is 16.2. The maximum Gasteiger partial charge on any atom is 0.225 e. The van der Waals surface area contributed by atoms with Crippen molar-refractivity contribution in [1.29, 1.82) is 0 Å². The molecule has 0 aromatic heterocycles. The van der Waals surface area contributed by atoms with Crippen LogP contribution in [-0.4, -0.2) is 47.8 Å². The minimum atomic E-state index is -0.226. The number of nitrogens with two attached hydrogens (primary N) is 1. The van der Waals surface area contributed by atoms with Crippen molar-refractivity contribution in [1.82, 2.24) is 9.80 Å². The van der Waals surface area contributed by atoms with Crippen molar-refractivity contribution in [3.05, 3.63) is 35.4 Å². The summed E-state index contributed by atoms with van der Waals surface area (Å²) in [6, 6.07) is 8.94. The van der Waals surface area contributed by atoms with Crippen molar-refractivity contribution in [2.45, 2.75) is 45.6 Å². The summed E-state index contributed by atoms with van der Waals surface area (Å²) >= 11 is 0. The molecule has 2 amide bonds. The van der Waals surface area contributed by atoms with Gasteiger partial charge in [-0.2, -0.15) is 0 Å². The number of amides is 2. The molecule has 2 fully saturated rings. The second-order valence-corrected chi connectivity index (χ2v) is 7.84. The number of nitrogens with zero attached hydrogens (tertiary/aromatic N) is 2. The van der Waals surface area contributed by atoms with Gasteiger partial charge in [0, 0.05) is 31.0 Å². The quantitative estimate of drug-likeness (QED) is 0.900. The molecule has 0 radical (unpaired) electrons. The smallest absolute Gasteiger partial charge is 0.225 e. The molecule has 2 heterocycles.